The van der Waals surface area contributed by atoms with Gasteiger partial charge in [-0.05, 0) is 49.7 Å². The first-order valence-corrected chi connectivity index (χ1v) is 9.25. The molecule has 2 aromatic rings. The number of hydrogen-bond donors (Lipinski definition) is 1. The summed E-state index contributed by atoms with van der Waals surface area (Å²) in [5, 5.41) is 3.24. The van der Waals surface area contributed by atoms with Crippen LogP contribution in [0.25, 0.3) is 0 Å². The van der Waals surface area contributed by atoms with Crippen molar-refractivity contribution >= 4 is 6.09 Å². The monoisotopic (exact) mass is 390 g/mol. The maximum Gasteiger partial charge on any atom is 0.410 e. The summed E-state index contributed by atoms with van der Waals surface area (Å²) in [5.74, 6) is -0.405. The topological polar surface area (TPSA) is 50.8 Å². The average molecular weight is 390 g/mol. The van der Waals surface area contributed by atoms with E-state index in [0.29, 0.717) is 24.4 Å². The second-order valence-electron chi connectivity index (χ2n) is 6.99. The number of halogens is 2. The van der Waals surface area contributed by atoms with Gasteiger partial charge in [0.05, 0.1) is 0 Å². The summed E-state index contributed by atoms with van der Waals surface area (Å²) >= 11 is 0. The lowest BCUT2D eigenvalue weighted by Crippen LogP contribution is -2.57. The van der Waals surface area contributed by atoms with Crippen LogP contribution < -0.4 is 10.1 Å². The molecule has 1 amide bonds. The van der Waals surface area contributed by atoms with Gasteiger partial charge in [-0.3, -0.25) is 0 Å². The molecule has 0 bridgehead atoms. The van der Waals surface area contributed by atoms with Gasteiger partial charge in [0.1, 0.15) is 30.6 Å². The highest BCUT2D eigenvalue weighted by Gasteiger charge is 2.30. The maximum atomic E-state index is 14.1. The van der Waals surface area contributed by atoms with Gasteiger partial charge in [0.25, 0.3) is 0 Å². The van der Waals surface area contributed by atoms with Crippen LogP contribution >= 0.6 is 0 Å². The number of ether oxygens (including phenoxy) is 2. The number of hydrogen-bond acceptors (Lipinski definition) is 4. The lowest BCUT2D eigenvalue weighted by Gasteiger charge is -2.38. The Morgan fingerprint density at radius 3 is 2.57 bits per heavy atom. The van der Waals surface area contributed by atoms with Crippen molar-refractivity contribution in [2.75, 3.05) is 13.1 Å². The highest BCUT2D eigenvalue weighted by molar-refractivity contribution is 5.68. The predicted octanol–water partition coefficient (Wildman–Crippen LogP) is 3.86. The summed E-state index contributed by atoms with van der Waals surface area (Å²) < 4.78 is 38.3. The molecule has 2 atom stereocenters. The highest BCUT2D eigenvalue weighted by Crippen LogP contribution is 2.20. The van der Waals surface area contributed by atoms with Gasteiger partial charge in [0.2, 0.25) is 0 Å². The van der Waals surface area contributed by atoms with E-state index in [4.69, 9.17) is 9.47 Å². The minimum atomic E-state index is -0.479. The van der Waals surface area contributed by atoms with Gasteiger partial charge < -0.3 is 19.7 Å². The Hall–Kier alpha value is -2.67. The van der Waals surface area contributed by atoms with Crippen molar-refractivity contribution in [2.45, 2.75) is 39.1 Å². The van der Waals surface area contributed by atoms with Crippen molar-refractivity contribution in [2.24, 2.45) is 0 Å². The Bertz CT molecular complexity index is 821. The number of nitrogens with zero attached hydrogens (tertiary/aromatic N) is 1. The normalized spacial score (nSPS) is 19.4. The predicted molar refractivity (Wildman–Crippen MR) is 101 cm³/mol. The summed E-state index contributed by atoms with van der Waals surface area (Å²) in [7, 11) is 0. The van der Waals surface area contributed by atoms with Crippen LogP contribution in [0, 0.1) is 11.6 Å². The molecule has 0 spiro atoms. The van der Waals surface area contributed by atoms with E-state index in [9.17, 15) is 13.6 Å². The summed E-state index contributed by atoms with van der Waals surface area (Å²) in [6.45, 7) is 5.22. The summed E-state index contributed by atoms with van der Waals surface area (Å²) in [5.41, 5.74) is 0.888. The van der Waals surface area contributed by atoms with Crippen molar-refractivity contribution in [3.63, 3.8) is 0 Å². The summed E-state index contributed by atoms with van der Waals surface area (Å²) in [4.78, 5) is 14.1. The largest absolute Gasteiger partial charge is 0.489 e. The Morgan fingerprint density at radius 1 is 1.11 bits per heavy atom. The van der Waals surface area contributed by atoms with Gasteiger partial charge in [-0.25, -0.2) is 13.6 Å². The lowest BCUT2D eigenvalue weighted by atomic mass is 10.1. The number of piperazine rings is 1. The molecule has 1 heterocycles. The molecule has 1 aliphatic rings. The van der Waals surface area contributed by atoms with Crippen LogP contribution in [-0.4, -0.2) is 36.2 Å². The second-order valence-corrected chi connectivity index (χ2v) is 6.99. The van der Waals surface area contributed by atoms with E-state index in [-0.39, 0.29) is 36.7 Å². The van der Waals surface area contributed by atoms with Crippen LogP contribution in [0.3, 0.4) is 0 Å². The fourth-order valence-corrected chi connectivity index (χ4v) is 3.25. The zero-order chi connectivity index (χ0) is 20.1. The third-order valence-electron chi connectivity index (χ3n) is 4.70. The van der Waals surface area contributed by atoms with Crippen LogP contribution in [0.2, 0.25) is 0 Å². The molecule has 0 radical (unpaired) electrons. The van der Waals surface area contributed by atoms with Gasteiger partial charge >= 0.3 is 6.09 Å². The molecule has 150 valence electrons. The van der Waals surface area contributed by atoms with E-state index in [1.54, 1.807) is 17.0 Å². The number of nitrogens with one attached hydrogen (secondary N) is 1. The highest BCUT2D eigenvalue weighted by atomic mass is 19.1. The third kappa shape index (κ3) is 4.98. The lowest BCUT2D eigenvalue weighted by molar-refractivity contribution is 0.0557. The quantitative estimate of drug-likeness (QED) is 0.842. The smallest absolute Gasteiger partial charge is 0.410 e. The fourth-order valence-electron chi connectivity index (χ4n) is 3.25. The molecule has 1 N–H and O–H groups in total. The van der Waals surface area contributed by atoms with Crippen LogP contribution in [0.4, 0.5) is 13.6 Å². The molecule has 0 aromatic heterocycles. The van der Waals surface area contributed by atoms with Crippen molar-refractivity contribution < 1.29 is 23.0 Å². The van der Waals surface area contributed by atoms with Gasteiger partial charge in [0.15, 0.2) is 0 Å². The Kier molecular flexibility index (Phi) is 6.46. The maximum absolute atomic E-state index is 14.1. The molecular weight excluding hydrogens is 366 g/mol. The van der Waals surface area contributed by atoms with E-state index in [1.165, 1.54) is 30.3 Å². The number of carbonyl (C=O) groups is 1. The number of carbonyl (C=O) groups excluding carboxylic acids is 1. The molecule has 2 unspecified atom stereocenters. The molecule has 2 aromatic carbocycles. The number of amides is 1. The Labute approximate surface area is 163 Å². The van der Waals surface area contributed by atoms with Crippen LogP contribution in [0.5, 0.6) is 5.75 Å². The zero-order valence-electron chi connectivity index (χ0n) is 16.0. The van der Waals surface area contributed by atoms with E-state index in [0.717, 1.165) is 0 Å². The third-order valence-corrected chi connectivity index (χ3v) is 4.70. The van der Waals surface area contributed by atoms with Crippen molar-refractivity contribution in [1.82, 2.24) is 10.2 Å². The second kappa shape index (κ2) is 9.01. The molecule has 3 rings (SSSR count). The Morgan fingerprint density at radius 2 is 1.86 bits per heavy atom. The summed E-state index contributed by atoms with van der Waals surface area (Å²) in [6, 6.07) is 10.3. The van der Waals surface area contributed by atoms with Crippen molar-refractivity contribution in [3.8, 4) is 5.75 Å². The average Bonchev–Trinajstić information content (AvgIpc) is 2.66. The van der Waals surface area contributed by atoms with Crippen LogP contribution in [0.1, 0.15) is 25.0 Å². The van der Waals surface area contributed by atoms with E-state index in [1.807, 2.05) is 13.8 Å². The molecule has 5 nitrogen and oxygen atoms in total. The van der Waals surface area contributed by atoms with Crippen LogP contribution in [-0.2, 0) is 18.0 Å². The molecule has 1 fully saturated rings. The van der Waals surface area contributed by atoms with E-state index in [2.05, 4.69) is 5.32 Å². The van der Waals surface area contributed by atoms with Crippen molar-refractivity contribution in [1.29, 1.82) is 0 Å². The summed E-state index contributed by atoms with van der Waals surface area (Å²) in [6.07, 6.45) is -0.466. The first-order chi connectivity index (χ1) is 13.4. The standard InChI is InChI=1S/C21H24F2N2O3/c1-14-10-24-11-15(2)25(14)21(26)28-13-17-9-19(6-7-20(17)23)27-12-16-4-3-5-18(22)8-16/h3-9,14-15,24H,10-13H2,1-2H3. The van der Waals surface area contributed by atoms with Gasteiger partial charge in [0, 0.05) is 30.7 Å². The van der Waals surface area contributed by atoms with Gasteiger partial charge in [-0.1, -0.05) is 12.1 Å². The molecule has 1 aliphatic heterocycles. The van der Waals surface area contributed by atoms with Crippen LogP contribution in [0.15, 0.2) is 42.5 Å². The van der Waals surface area contributed by atoms with Gasteiger partial charge in [-0.15, -0.1) is 0 Å². The minimum Gasteiger partial charge on any atom is -0.489 e. The first-order valence-electron chi connectivity index (χ1n) is 9.25. The molecule has 7 heteroatoms. The molecule has 28 heavy (non-hydrogen) atoms. The number of rotatable bonds is 5. The van der Waals surface area contributed by atoms with E-state index < -0.39 is 11.9 Å². The minimum absolute atomic E-state index is 0.00188. The van der Waals surface area contributed by atoms with E-state index >= 15 is 0 Å². The molecule has 0 saturated carbocycles. The van der Waals surface area contributed by atoms with Crippen molar-refractivity contribution in [3.05, 3.63) is 65.2 Å². The molecule has 1 saturated heterocycles. The number of benzene rings is 2. The zero-order valence-corrected chi connectivity index (χ0v) is 16.0. The SMILES string of the molecule is CC1CNCC(C)N1C(=O)OCc1cc(OCc2cccc(F)c2)ccc1F. The molecular formula is C21H24F2N2O3. The fraction of sp³-hybridized carbons (Fsp3) is 0.381. The first kappa shape index (κ1) is 20.1. The van der Waals surface area contributed by atoms with Gasteiger partial charge in [-0.2, -0.15) is 0 Å². The Balaban J connectivity index is 1.60. The molecule has 0 aliphatic carbocycles.